The maximum absolute atomic E-state index is 12.7. The lowest BCUT2D eigenvalue weighted by atomic mass is 10.1. The van der Waals surface area contributed by atoms with Crippen molar-refractivity contribution in [3.63, 3.8) is 0 Å². The van der Waals surface area contributed by atoms with E-state index in [1.807, 2.05) is 18.2 Å². The molecule has 0 aliphatic carbocycles. The van der Waals surface area contributed by atoms with Gasteiger partial charge < -0.3 is 4.90 Å². The number of rotatable bonds is 4. The zero-order chi connectivity index (χ0) is 22.4. The van der Waals surface area contributed by atoms with Gasteiger partial charge in [0.2, 0.25) is 0 Å². The Morgan fingerprint density at radius 3 is 2.64 bits per heavy atom. The number of aromatic amines is 2. The third-order valence-corrected chi connectivity index (χ3v) is 6.33. The number of nitrogens with one attached hydrogen (secondary N) is 2. The summed E-state index contributed by atoms with van der Waals surface area (Å²) >= 11 is 0. The van der Waals surface area contributed by atoms with Crippen LogP contribution in [0.5, 0.6) is 0 Å². The zero-order valence-electron chi connectivity index (χ0n) is 18.3. The van der Waals surface area contributed by atoms with Crippen LogP contribution in [0.25, 0.3) is 39.1 Å². The van der Waals surface area contributed by atoms with E-state index in [1.165, 1.54) is 5.56 Å². The topological polar surface area (TPSA) is 98.7 Å². The molecule has 9 nitrogen and oxygen atoms in total. The predicted molar refractivity (Wildman–Crippen MR) is 127 cm³/mol. The molecule has 0 spiro atoms. The standard InChI is InChI=1S/C24H24N8O/c1-30-8-10-31(11-9-30)15-16-2-4-17(5-3-16)21-14-25-22-23(27-21)32(24(33)28-22)19-6-7-20-18(12-19)13-26-29-20/h2-7,12-14H,8-11,15H2,1H3,(H,26,29)(H,25,28,33). The van der Waals surface area contributed by atoms with E-state index < -0.39 is 0 Å². The molecule has 0 amide bonds. The first kappa shape index (κ1) is 19.8. The predicted octanol–water partition coefficient (Wildman–Crippen LogP) is 2.40. The molecule has 3 aromatic heterocycles. The average molecular weight is 441 g/mol. The minimum Gasteiger partial charge on any atom is -0.304 e. The van der Waals surface area contributed by atoms with Crippen molar-refractivity contribution in [3.05, 3.63) is 70.9 Å². The van der Waals surface area contributed by atoms with Crippen LogP contribution in [-0.2, 0) is 6.54 Å². The van der Waals surface area contributed by atoms with Gasteiger partial charge in [-0.1, -0.05) is 24.3 Å². The highest BCUT2D eigenvalue weighted by Gasteiger charge is 2.15. The van der Waals surface area contributed by atoms with Crippen molar-refractivity contribution in [1.82, 2.24) is 39.5 Å². The second-order valence-corrected chi connectivity index (χ2v) is 8.61. The molecule has 1 aliphatic rings. The van der Waals surface area contributed by atoms with Crippen LogP contribution in [0.3, 0.4) is 0 Å². The molecule has 5 aromatic rings. The second kappa shape index (κ2) is 7.95. The van der Waals surface area contributed by atoms with E-state index in [1.54, 1.807) is 17.0 Å². The van der Waals surface area contributed by atoms with Crippen LogP contribution in [0, 0.1) is 0 Å². The van der Waals surface area contributed by atoms with Crippen molar-refractivity contribution in [2.75, 3.05) is 33.2 Å². The van der Waals surface area contributed by atoms with Crippen LogP contribution >= 0.6 is 0 Å². The first-order valence-corrected chi connectivity index (χ1v) is 11.1. The molecule has 2 N–H and O–H groups in total. The minimum atomic E-state index is -0.271. The second-order valence-electron chi connectivity index (χ2n) is 8.61. The summed E-state index contributed by atoms with van der Waals surface area (Å²) in [6.45, 7) is 5.36. The molecule has 0 saturated carbocycles. The Morgan fingerprint density at radius 1 is 1.00 bits per heavy atom. The summed E-state index contributed by atoms with van der Waals surface area (Å²) in [6.07, 6.45) is 3.44. The molecule has 0 radical (unpaired) electrons. The van der Waals surface area contributed by atoms with Crippen molar-refractivity contribution in [2.24, 2.45) is 0 Å². The van der Waals surface area contributed by atoms with Gasteiger partial charge in [0.05, 0.1) is 29.3 Å². The highest BCUT2D eigenvalue weighted by Crippen LogP contribution is 2.22. The number of aromatic nitrogens is 6. The molecule has 33 heavy (non-hydrogen) atoms. The van der Waals surface area contributed by atoms with Gasteiger partial charge in [0.1, 0.15) is 0 Å². The summed E-state index contributed by atoms with van der Waals surface area (Å²) in [7, 11) is 2.17. The Morgan fingerprint density at radius 2 is 1.82 bits per heavy atom. The smallest absolute Gasteiger partial charge is 0.304 e. The molecule has 1 aliphatic heterocycles. The SMILES string of the molecule is CN1CCN(Cc2ccc(-c3cnc4[nH]c(=O)n(-c5ccc6[nH]ncc6c5)c4n3)cc2)CC1. The first-order valence-electron chi connectivity index (χ1n) is 11.1. The van der Waals surface area contributed by atoms with Gasteiger partial charge in [0.25, 0.3) is 0 Å². The number of likely N-dealkylation sites (N-methyl/N-ethyl adjacent to an activating group) is 1. The van der Waals surface area contributed by atoms with Gasteiger partial charge in [-0.15, -0.1) is 0 Å². The van der Waals surface area contributed by atoms with Crippen LogP contribution in [0.1, 0.15) is 5.56 Å². The summed E-state index contributed by atoms with van der Waals surface area (Å²) in [4.78, 5) is 29.6. The molecule has 1 fully saturated rings. The van der Waals surface area contributed by atoms with Crippen molar-refractivity contribution in [1.29, 1.82) is 0 Å². The number of hydrogen-bond donors (Lipinski definition) is 2. The fourth-order valence-electron chi connectivity index (χ4n) is 4.37. The fraction of sp³-hybridized carbons (Fsp3) is 0.250. The highest BCUT2D eigenvalue weighted by molar-refractivity contribution is 5.81. The number of imidazole rings is 1. The van der Waals surface area contributed by atoms with Gasteiger partial charge in [0.15, 0.2) is 11.3 Å². The van der Waals surface area contributed by atoms with Crippen LogP contribution in [0.15, 0.2) is 59.7 Å². The number of benzene rings is 2. The average Bonchev–Trinajstić information content (AvgIpc) is 3.43. The molecule has 166 valence electrons. The Hall–Kier alpha value is -3.82. The van der Waals surface area contributed by atoms with Crippen LogP contribution < -0.4 is 5.69 Å². The molecule has 1 saturated heterocycles. The number of piperazine rings is 1. The normalized spacial score (nSPS) is 15.5. The first-order chi connectivity index (χ1) is 16.1. The van der Waals surface area contributed by atoms with Crippen molar-refractivity contribution in [2.45, 2.75) is 6.54 Å². The van der Waals surface area contributed by atoms with Gasteiger partial charge in [-0.2, -0.15) is 5.10 Å². The summed E-state index contributed by atoms with van der Waals surface area (Å²) in [5, 5.41) is 7.91. The molecule has 2 aromatic carbocycles. The van der Waals surface area contributed by atoms with Crippen molar-refractivity contribution >= 4 is 22.2 Å². The molecule has 9 heteroatoms. The maximum atomic E-state index is 12.7. The molecular formula is C24H24N8O. The Bertz CT molecular complexity index is 1490. The molecule has 0 unspecified atom stereocenters. The highest BCUT2D eigenvalue weighted by atomic mass is 16.1. The van der Waals surface area contributed by atoms with E-state index in [0.29, 0.717) is 17.0 Å². The minimum absolute atomic E-state index is 0.271. The van der Waals surface area contributed by atoms with Gasteiger partial charge >= 0.3 is 5.69 Å². The van der Waals surface area contributed by atoms with E-state index in [2.05, 4.69) is 61.3 Å². The molecule has 4 heterocycles. The van der Waals surface area contributed by atoms with Crippen LogP contribution in [0.2, 0.25) is 0 Å². The summed E-state index contributed by atoms with van der Waals surface area (Å²) < 4.78 is 1.56. The molecular weight excluding hydrogens is 416 g/mol. The number of H-pyrrole nitrogens is 2. The monoisotopic (exact) mass is 440 g/mol. The number of hydrogen-bond acceptors (Lipinski definition) is 6. The lowest BCUT2D eigenvalue weighted by Crippen LogP contribution is -2.43. The van der Waals surface area contributed by atoms with Crippen molar-refractivity contribution < 1.29 is 0 Å². The largest absolute Gasteiger partial charge is 0.333 e. The molecule has 0 bridgehead atoms. The number of nitrogens with zero attached hydrogens (tertiary/aromatic N) is 6. The number of fused-ring (bicyclic) bond motifs is 2. The van der Waals surface area contributed by atoms with Crippen LogP contribution in [-0.4, -0.2) is 72.7 Å². The van der Waals surface area contributed by atoms with E-state index in [-0.39, 0.29) is 5.69 Å². The van der Waals surface area contributed by atoms with Crippen LogP contribution in [0.4, 0.5) is 0 Å². The van der Waals surface area contributed by atoms with Gasteiger partial charge in [-0.25, -0.2) is 19.3 Å². The Kier molecular flexibility index (Phi) is 4.78. The zero-order valence-corrected chi connectivity index (χ0v) is 18.3. The van der Waals surface area contributed by atoms with Crippen molar-refractivity contribution in [3.8, 4) is 16.9 Å². The Balaban J connectivity index is 1.32. The Labute approximate surface area is 189 Å². The summed E-state index contributed by atoms with van der Waals surface area (Å²) in [5.74, 6) is 0. The van der Waals surface area contributed by atoms with Gasteiger partial charge in [-0.05, 0) is 30.8 Å². The summed E-state index contributed by atoms with van der Waals surface area (Å²) in [6, 6.07) is 14.1. The van der Waals surface area contributed by atoms with Gasteiger partial charge in [0, 0.05) is 43.7 Å². The third kappa shape index (κ3) is 3.71. The third-order valence-electron chi connectivity index (χ3n) is 6.33. The quantitative estimate of drug-likeness (QED) is 0.445. The fourth-order valence-corrected chi connectivity index (χ4v) is 4.37. The lowest BCUT2D eigenvalue weighted by molar-refractivity contribution is 0.148. The van der Waals surface area contributed by atoms with E-state index in [0.717, 1.165) is 54.9 Å². The van der Waals surface area contributed by atoms with E-state index >= 15 is 0 Å². The summed E-state index contributed by atoms with van der Waals surface area (Å²) in [5.41, 5.74) is 5.30. The molecule has 0 atom stereocenters. The van der Waals surface area contributed by atoms with Gasteiger partial charge in [-0.3, -0.25) is 15.0 Å². The van der Waals surface area contributed by atoms with E-state index in [4.69, 9.17) is 4.98 Å². The van der Waals surface area contributed by atoms with E-state index in [9.17, 15) is 4.79 Å². The molecule has 6 rings (SSSR count). The maximum Gasteiger partial charge on any atom is 0.333 e. The lowest BCUT2D eigenvalue weighted by Gasteiger charge is -2.32.